The average Bonchev–Trinajstić information content (AvgIpc) is 2.65. The van der Waals surface area contributed by atoms with E-state index in [1.54, 1.807) is 12.3 Å². The number of rotatable bonds is 6. The fourth-order valence-electron chi connectivity index (χ4n) is 2.65. The highest BCUT2D eigenvalue weighted by atomic mass is 16.3. The minimum Gasteiger partial charge on any atom is -0.507 e. The number of allylic oxidation sites excluding steroid dienone is 1. The molecule has 0 saturated heterocycles. The lowest BCUT2D eigenvalue weighted by Gasteiger charge is -2.05. The predicted octanol–water partition coefficient (Wildman–Crippen LogP) is 4.28. The smallest absolute Gasteiger partial charge is 0.167 e. The minimum atomic E-state index is 0.267. The van der Waals surface area contributed by atoms with Gasteiger partial charge in [0.1, 0.15) is 5.75 Å². The molecule has 0 amide bonds. The lowest BCUT2D eigenvalue weighted by atomic mass is 10.1. The van der Waals surface area contributed by atoms with Crippen LogP contribution in [0.15, 0.2) is 84.6 Å². The summed E-state index contributed by atoms with van der Waals surface area (Å²) < 4.78 is 0. The molecular formula is C22H21N2O+. The van der Waals surface area contributed by atoms with Crippen LogP contribution in [0.25, 0.3) is 0 Å². The molecule has 3 heteroatoms. The zero-order valence-corrected chi connectivity index (χ0v) is 14.0. The number of aromatic amines is 1. The molecule has 3 nitrogen and oxygen atoms in total. The number of para-hydroxylation sites is 1. The second-order valence-electron chi connectivity index (χ2n) is 5.86. The summed E-state index contributed by atoms with van der Waals surface area (Å²) >= 11 is 0. The van der Waals surface area contributed by atoms with Gasteiger partial charge in [-0.3, -0.25) is 4.99 Å². The van der Waals surface area contributed by atoms with Crippen molar-refractivity contribution >= 4 is 11.9 Å². The first-order valence-corrected chi connectivity index (χ1v) is 8.26. The van der Waals surface area contributed by atoms with Crippen LogP contribution in [0.1, 0.15) is 22.3 Å². The minimum absolute atomic E-state index is 0.267. The van der Waals surface area contributed by atoms with Gasteiger partial charge in [-0.05, 0) is 47.7 Å². The maximum Gasteiger partial charge on any atom is 0.167 e. The van der Waals surface area contributed by atoms with E-state index in [0.29, 0.717) is 12.0 Å². The lowest BCUT2D eigenvalue weighted by Crippen LogP contribution is -1.99. The number of phenolic OH excluding ortho intramolecular Hbond substituents is 1. The third-order valence-electron chi connectivity index (χ3n) is 4.00. The fraction of sp³-hybridized carbons (Fsp3) is 0.0909. The molecule has 0 fully saturated rings. The number of phenols is 1. The van der Waals surface area contributed by atoms with E-state index in [1.807, 2.05) is 42.7 Å². The van der Waals surface area contributed by atoms with E-state index in [1.165, 1.54) is 11.1 Å². The summed E-state index contributed by atoms with van der Waals surface area (Å²) in [5, 5.41) is 10.3. The predicted molar refractivity (Wildman–Crippen MR) is 102 cm³/mol. The van der Waals surface area contributed by atoms with Crippen molar-refractivity contribution in [1.29, 1.82) is 0 Å². The SMILES string of the molecule is C=CCc1cccc(C=Nc2ccc(Cc3cc[nH+]cc3)cc2)c1O. The third kappa shape index (κ3) is 4.42. The molecular weight excluding hydrogens is 308 g/mol. The van der Waals surface area contributed by atoms with Crippen molar-refractivity contribution in [2.75, 3.05) is 0 Å². The largest absolute Gasteiger partial charge is 0.507 e. The van der Waals surface area contributed by atoms with E-state index in [2.05, 4.69) is 40.8 Å². The van der Waals surface area contributed by atoms with Gasteiger partial charge in [-0.1, -0.05) is 30.3 Å². The Morgan fingerprint density at radius 3 is 2.40 bits per heavy atom. The number of pyridine rings is 1. The molecule has 1 aromatic heterocycles. The van der Waals surface area contributed by atoms with Crippen LogP contribution in [0, 0.1) is 0 Å². The van der Waals surface area contributed by atoms with Gasteiger partial charge in [0.2, 0.25) is 0 Å². The molecule has 0 spiro atoms. The van der Waals surface area contributed by atoms with Crippen LogP contribution >= 0.6 is 0 Å². The fourth-order valence-corrected chi connectivity index (χ4v) is 2.65. The Kier molecular flexibility index (Phi) is 5.37. The Bertz CT molecular complexity index is 868. The molecule has 0 aliphatic carbocycles. The topological polar surface area (TPSA) is 46.7 Å². The van der Waals surface area contributed by atoms with Gasteiger partial charge in [-0.15, -0.1) is 6.58 Å². The number of hydrogen-bond donors (Lipinski definition) is 1. The summed E-state index contributed by atoms with van der Waals surface area (Å²) in [6, 6.07) is 18.0. The summed E-state index contributed by atoms with van der Waals surface area (Å²) in [4.78, 5) is 7.50. The first-order chi connectivity index (χ1) is 12.3. The summed E-state index contributed by atoms with van der Waals surface area (Å²) in [5.74, 6) is 0.267. The molecule has 3 aromatic rings. The van der Waals surface area contributed by atoms with Gasteiger partial charge >= 0.3 is 0 Å². The van der Waals surface area contributed by atoms with Crippen molar-refractivity contribution in [3.8, 4) is 5.75 Å². The number of benzene rings is 2. The molecule has 0 radical (unpaired) electrons. The first kappa shape index (κ1) is 16.7. The van der Waals surface area contributed by atoms with Crippen LogP contribution in [0.2, 0.25) is 0 Å². The molecule has 3 rings (SSSR count). The Hall–Kier alpha value is -3.20. The molecule has 0 aliphatic heterocycles. The summed E-state index contributed by atoms with van der Waals surface area (Å²) in [5.41, 5.74) is 4.93. The molecule has 124 valence electrons. The van der Waals surface area contributed by atoms with Crippen LogP contribution in [0.5, 0.6) is 5.75 Å². The van der Waals surface area contributed by atoms with Gasteiger partial charge in [0.25, 0.3) is 0 Å². The number of nitrogens with zero attached hydrogens (tertiary/aromatic N) is 1. The Labute approximate surface area is 148 Å². The van der Waals surface area contributed by atoms with Gasteiger partial charge in [0.15, 0.2) is 12.4 Å². The maximum atomic E-state index is 10.3. The van der Waals surface area contributed by atoms with Crippen molar-refractivity contribution in [2.45, 2.75) is 12.8 Å². The number of aromatic nitrogens is 1. The normalized spacial score (nSPS) is 10.9. The number of nitrogens with one attached hydrogen (secondary N) is 1. The highest BCUT2D eigenvalue weighted by Gasteiger charge is 2.03. The zero-order valence-electron chi connectivity index (χ0n) is 14.0. The quantitative estimate of drug-likeness (QED) is 0.532. The second kappa shape index (κ2) is 8.06. The standard InChI is InChI=1S/C22H20N2O/c1-2-4-19-5-3-6-20(22(19)25)16-24-21-9-7-17(8-10-21)15-18-11-13-23-14-12-18/h2-3,5-14,16,25H,1,4,15H2/p+1. The van der Waals surface area contributed by atoms with Gasteiger partial charge in [-0.2, -0.15) is 0 Å². The highest BCUT2D eigenvalue weighted by molar-refractivity contribution is 5.86. The van der Waals surface area contributed by atoms with Crippen molar-refractivity contribution in [3.05, 3.63) is 102 Å². The van der Waals surface area contributed by atoms with E-state index in [4.69, 9.17) is 0 Å². The van der Waals surface area contributed by atoms with Crippen molar-refractivity contribution in [1.82, 2.24) is 0 Å². The van der Waals surface area contributed by atoms with Crippen molar-refractivity contribution < 1.29 is 10.1 Å². The van der Waals surface area contributed by atoms with Crippen molar-refractivity contribution in [2.24, 2.45) is 4.99 Å². The first-order valence-electron chi connectivity index (χ1n) is 8.26. The monoisotopic (exact) mass is 329 g/mol. The summed E-state index contributed by atoms with van der Waals surface area (Å²) in [7, 11) is 0. The molecule has 1 heterocycles. The van der Waals surface area contributed by atoms with Crippen LogP contribution < -0.4 is 4.98 Å². The third-order valence-corrected chi connectivity index (χ3v) is 4.00. The number of hydrogen-bond acceptors (Lipinski definition) is 2. The maximum absolute atomic E-state index is 10.3. The molecule has 2 N–H and O–H groups in total. The molecule has 0 atom stereocenters. The van der Waals surface area contributed by atoms with Gasteiger partial charge in [-0.25, -0.2) is 4.98 Å². The number of aromatic hydroxyl groups is 1. The molecule has 25 heavy (non-hydrogen) atoms. The van der Waals surface area contributed by atoms with Gasteiger partial charge < -0.3 is 5.11 Å². The molecule has 0 unspecified atom stereocenters. The summed E-state index contributed by atoms with van der Waals surface area (Å²) in [6.45, 7) is 3.71. The van der Waals surface area contributed by atoms with Crippen LogP contribution in [0.4, 0.5) is 5.69 Å². The van der Waals surface area contributed by atoms with Gasteiger partial charge in [0, 0.05) is 23.9 Å². The molecule has 0 saturated carbocycles. The lowest BCUT2D eigenvalue weighted by molar-refractivity contribution is -0.378. The molecule has 0 bridgehead atoms. The van der Waals surface area contributed by atoms with Crippen molar-refractivity contribution in [3.63, 3.8) is 0 Å². The van der Waals surface area contributed by atoms with E-state index >= 15 is 0 Å². The van der Waals surface area contributed by atoms with Gasteiger partial charge in [0.05, 0.1) is 5.69 Å². The number of aliphatic imine (C=N–C) groups is 1. The number of H-pyrrole nitrogens is 1. The Morgan fingerprint density at radius 1 is 0.960 bits per heavy atom. The Balaban J connectivity index is 1.72. The van der Waals surface area contributed by atoms with E-state index in [9.17, 15) is 5.11 Å². The molecule has 2 aromatic carbocycles. The van der Waals surface area contributed by atoms with Crippen LogP contribution in [-0.4, -0.2) is 11.3 Å². The van der Waals surface area contributed by atoms with E-state index in [0.717, 1.165) is 17.7 Å². The van der Waals surface area contributed by atoms with E-state index in [-0.39, 0.29) is 5.75 Å². The zero-order chi connectivity index (χ0) is 17.5. The van der Waals surface area contributed by atoms with Crippen LogP contribution in [-0.2, 0) is 12.8 Å². The highest BCUT2D eigenvalue weighted by Crippen LogP contribution is 2.23. The molecule has 0 aliphatic rings. The van der Waals surface area contributed by atoms with Crippen LogP contribution in [0.3, 0.4) is 0 Å². The summed E-state index contributed by atoms with van der Waals surface area (Å²) in [6.07, 6.45) is 8.87. The average molecular weight is 329 g/mol. The second-order valence-corrected chi connectivity index (χ2v) is 5.86. The van der Waals surface area contributed by atoms with E-state index < -0.39 is 0 Å². The Morgan fingerprint density at radius 2 is 1.68 bits per heavy atom.